The fourth-order valence-electron chi connectivity index (χ4n) is 2.42. The lowest BCUT2D eigenvalue weighted by atomic mass is 10.2. The maximum absolute atomic E-state index is 12.3. The van der Waals surface area contributed by atoms with Gasteiger partial charge in [0.15, 0.2) is 0 Å². The number of pyridine rings is 1. The van der Waals surface area contributed by atoms with Gasteiger partial charge in [-0.3, -0.25) is 9.59 Å². The van der Waals surface area contributed by atoms with Crippen LogP contribution in [0.4, 0.5) is 5.69 Å². The van der Waals surface area contributed by atoms with Crippen molar-refractivity contribution in [3.8, 4) is 11.6 Å². The fourth-order valence-corrected chi connectivity index (χ4v) is 2.80. The number of ether oxygens (including phenoxy) is 1. The molecule has 0 saturated heterocycles. The monoisotopic (exact) mass is 439 g/mol. The van der Waals surface area contributed by atoms with E-state index in [0.29, 0.717) is 29.4 Å². The second-order valence-electron chi connectivity index (χ2n) is 6.01. The summed E-state index contributed by atoms with van der Waals surface area (Å²) in [7, 11) is 0. The topological polar surface area (TPSA) is 80.3 Å². The van der Waals surface area contributed by atoms with Crippen molar-refractivity contribution in [2.24, 2.45) is 0 Å². The van der Waals surface area contributed by atoms with Crippen molar-refractivity contribution in [2.45, 2.75) is 13.5 Å². The molecule has 3 rings (SSSR count). The number of amides is 2. The molecular formula is C21H18BrN3O3. The fraction of sp³-hybridized carbons (Fsp3) is 0.0952. The molecule has 0 fully saturated rings. The number of rotatable bonds is 6. The molecule has 0 radical (unpaired) electrons. The number of hydrogen-bond donors (Lipinski definition) is 2. The SMILES string of the molecule is CC(=O)Nc1ccc(CNC(=O)c2ccc(Oc3cccc(Br)c3)nc2)cc1. The Hall–Kier alpha value is -3.19. The van der Waals surface area contributed by atoms with Crippen LogP contribution < -0.4 is 15.4 Å². The normalized spacial score (nSPS) is 10.2. The highest BCUT2D eigenvalue weighted by Crippen LogP contribution is 2.23. The number of halogens is 1. The lowest BCUT2D eigenvalue weighted by Gasteiger charge is -2.08. The van der Waals surface area contributed by atoms with Crippen LogP contribution in [0.3, 0.4) is 0 Å². The van der Waals surface area contributed by atoms with Crippen LogP contribution in [0.1, 0.15) is 22.8 Å². The van der Waals surface area contributed by atoms with Crippen molar-refractivity contribution < 1.29 is 14.3 Å². The van der Waals surface area contributed by atoms with Crippen LogP contribution in [-0.2, 0) is 11.3 Å². The summed E-state index contributed by atoms with van der Waals surface area (Å²) < 4.78 is 6.57. The van der Waals surface area contributed by atoms with Crippen molar-refractivity contribution >= 4 is 33.4 Å². The molecule has 142 valence electrons. The Labute approximate surface area is 171 Å². The Bertz CT molecular complexity index is 973. The van der Waals surface area contributed by atoms with Crippen LogP contribution in [0.15, 0.2) is 71.3 Å². The number of carbonyl (C=O) groups excluding carboxylic acids is 2. The van der Waals surface area contributed by atoms with Crippen LogP contribution in [0.2, 0.25) is 0 Å². The molecule has 0 saturated carbocycles. The third kappa shape index (κ3) is 5.65. The molecule has 0 aliphatic rings. The van der Waals surface area contributed by atoms with Gasteiger partial charge < -0.3 is 15.4 Å². The van der Waals surface area contributed by atoms with Crippen molar-refractivity contribution in [3.63, 3.8) is 0 Å². The van der Waals surface area contributed by atoms with E-state index in [9.17, 15) is 9.59 Å². The molecule has 3 aromatic rings. The van der Waals surface area contributed by atoms with Crippen LogP contribution in [0, 0.1) is 0 Å². The minimum Gasteiger partial charge on any atom is -0.439 e. The summed E-state index contributed by atoms with van der Waals surface area (Å²) in [4.78, 5) is 27.5. The van der Waals surface area contributed by atoms with Crippen LogP contribution >= 0.6 is 15.9 Å². The lowest BCUT2D eigenvalue weighted by molar-refractivity contribution is -0.114. The molecule has 0 unspecified atom stereocenters. The molecule has 1 aromatic heterocycles. The average molecular weight is 440 g/mol. The van der Waals surface area contributed by atoms with Crippen molar-refractivity contribution in [2.75, 3.05) is 5.32 Å². The minimum atomic E-state index is -0.229. The number of nitrogens with zero attached hydrogens (tertiary/aromatic N) is 1. The molecule has 2 amide bonds. The average Bonchev–Trinajstić information content (AvgIpc) is 2.67. The van der Waals surface area contributed by atoms with Gasteiger partial charge in [-0.1, -0.05) is 34.1 Å². The molecule has 1 heterocycles. The summed E-state index contributed by atoms with van der Waals surface area (Å²) in [6.07, 6.45) is 1.47. The van der Waals surface area contributed by atoms with Gasteiger partial charge in [-0.15, -0.1) is 0 Å². The quantitative estimate of drug-likeness (QED) is 0.591. The molecule has 0 atom stereocenters. The van der Waals surface area contributed by atoms with Crippen molar-refractivity contribution in [1.82, 2.24) is 10.3 Å². The van der Waals surface area contributed by atoms with Gasteiger partial charge in [0.1, 0.15) is 5.75 Å². The molecule has 0 spiro atoms. The third-order valence-electron chi connectivity index (χ3n) is 3.74. The number of aromatic nitrogens is 1. The molecule has 2 N–H and O–H groups in total. The first-order valence-electron chi connectivity index (χ1n) is 8.54. The summed E-state index contributed by atoms with van der Waals surface area (Å²) in [5, 5.41) is 5.54. The van der Waals surface area contributed by atoms with Crippen LogP contribution in [0.5, 0.6) is 11.6 Å². The molecule has 28 heavy (non-hydrogen) atoms. The Morgan fingerprint density at radius 3 is 2.50 bits per heavy atom. The Kier molecular flexibility index (Phi) is 6.39. The van der Waals surface area contributed by atoms with E-state index in [4.69, 9.17) is 4.74 Å². The molecule has 7 heteroatoms. The highest BCUT2D eigenvalue weighted by Gasteiger charge is 2.07. The van der Waals surface area contributed by atoms with E-state index in [1.807, 2.05) is 36.4 Å². The largest absolute Gasteiger partial charge is 0.439 e. The van der Waals surface area contributed by atoms with Crippen LogP contribution in [0.25, 0.3) is 0 Å². The van der Waals surface area contributed by atoms with Crippen molar-refractivity contribution in [3.05, 3.63) is 82.5 Å². The number of hydrogen-bond acceptors (Lipinski definition) is 4. The standard InChI is InChI=1S/C21H18BrN3O3/c1-14(26)25-18-8-5-15(6-9-18)12-24-21(27)16-7-10-20(23-13-16)28-19-4-2-3-17(22)11-19/h2-11,13H,12H2,1H3,(H,24,27)(H,25,26). The zero-order chi connectivity index (χ0) is 19.9. The lowest BCUT2D eigenvalue weighted by Crippen LogP contribution is -2.22. The van der Waals surface area contributed by atoms with E-state index in [0.717, 1.165) is 10.0 Å². The maximum Gasteiger partial charge on any atom is 0.253 e. The molecular weight excluding hydrogens is 422 g/mol. The summed E-state index contributed by atoms with van der Waals surface area (Å²) in [5.41, 5.74) is 2.08. The van der Waals surface area contributed by atoms with E-state index in [1.165, 1.54) is 13.1 Å². The Balaban J connectivity index is 1.55. The third-order valence-corrected chi connectivity index (χ3v) is 4.24. The molecule has 0 aliphatic heterocycles. The van der Waals surface area contributed by atoms with Gasteiger partial charge in [0.2, 0.25) is 11.8 Å². The predicted molar refractivity (Wildman–Crippen MR) is 110 cm³/mol. The zero-order valence-corrected chi connectivity index (χ0v) is 16.7. The predicted octanol–water partition coefficient (Wildman–Crippen LogP) is 4.52. The maximum atomic E-state index is 12.3. The van der Waals surface area contributed by atoms with Gasteiger partial charge in [-0.2, -0.15) is 0 Å². The van der Waals surface area contributed by atoms with E-state index in [2.05, 4.69) is 31.5 Å². The number of benzene rings is 2. The van der Waals surface area contributed by atoms with Gasteiger partial charge in [-0.05, 0) is 42.0 Å². The number of nitrogens with one attached hydrogen (secondary N) is 2. The second kappa shape index (κ2) is 9.14. The molecule has 0 bridgehead atoms. The Morgan fingerprint density at radius 2 is 1.86 bits per heavy atom. The van der Waals surface area contributed by atoms with Gasteiger partial charge in [0, 0.05) is 35.9 Å². The highest BCUT2D eigenvalue weighted by molar-refractivity contribution is 9.10. The first-order valence-corrected chi connectivity index (χ1v) is 9.33. The first kappa shape index (κ1) is 19.6. The highest BCUT2D eigenvalue weighted by atomic mass is 79.9. The summed E-state index contributed by atoms with van der Waals surface area (Å²) >= 11 is 3.39. The summed E-state index contributed by atoms with van der Waals surface area (Å²) in [6.45, 7) is 1.83. The van der Waals surface area contributed by atoms with Gasteiger partial charge >= 0.3 is 0 Å². The molecule has 6 nitrogen and oxygen atoms in total. The smallest absolute Gasteiger partial charge is 0.253 e. The molecule has 2 aromatic carbocycles. The Morgan fingerprint density at radius 1 is 1.07 bits per heavy atom. The summed E-state index contributed by atoms with van der Waals surface area (Å²) in [6, 6.07) is 18.0. The van der Waals surface area contributed by atoms with Crippen LogP contribution in [-0.4, -0.2) is 16.8 Å². The number of anilines is 1. The van der Waals surface area contributed by atoms with E-state index in [1.54, 1.807) is 24.3 Å². The van der Waals surface area contributed by atoms with E-state index >= 15 is 0 Å². The summed E-state index contributed by atoms with van der Waals surface area (Å²) in [5.74, 6) is 0.707. The molecule has 0 aliphatic carbocycles. The number of carbonyl (C=O) groups is 2. The first-order chi connectivity index (χ1) is 13.5. The zero-order valence-electron chi connectivity index (χ0n) is 15.1. The van der Waals surface area contributed by atoms with Gasteiger partial charge in [-0.25, -0.2) is 4.98 Å². The van der Waals surface area contributed by atoms with Crippen molar-refractivity contribution in [1.29, 1.82) is 0 Å². The second-order valence-corrected chi connectivity index (χ2v) is 6.92. The van der Waals surface area contributed by atoms with Gasteiger partial charge in [0.05, 0.1) is 5.56 Å². The van der Waals surface area contributed by atoms with E-state index < -0.39 is 0 Å². The van der Waals surface area contributed by atoms with E-state index in [-0.39, 0.29) is 11.8 Å². The van der Waals surface area contributed by atoms with Gasteiger partial charge in [0.25, 0.3) is 5.91 Å². The minimum absolute atomic E-state index is 0.124.